The van der Waals surface area contributed by atoms with Crippen LogP contribution in [-0.4, -0.2) is 27.5 Å². The van der Waals surface area contributed by atoms with E-state index in [4.69, 9.17) is 0 Å². The first-order valence-corrected chi connectivity index (χ1v) is 10.2. The van der Waals surface area contributed by atoms with Gasteiger partial charge in [-0.1, -0.05) is 49.7 Å². The van der Waals surface area contributed by atoms with Gasteiger partial charge in [0.05, 0.1) is 11.0 Å². The van der Waals surface area contributed by atoms with Crippen LogP contribution in [-0.2, 0) is 13.0 Å². The van der Waals surface area contributed by atoms with Crippen LogP contribution in [0.2, 0.25) is 0 Å². The lowest BCUT2D eigenvalue weighted by molar-refractivity contribution is 0.180. The maximum absolute atomic E-state index is 12.4. The second-order valence-electron chi connectivity index (χ2n) is 7.74. The van der Waals surface area contributed by atoms with Gasteiger partial charge < -0.3 is 4.98 Å². The molecule has 0 bridgehead atoms. The zero-order valence-electron chi connectivity index (χ0n) is 16.2. The summed E-state index contributed by atoms with van der Waals surface area (Å²) in [6.07, 6.45) is 5.74. The molecule has 2 heterocycles. The maximum Gasteiger partial charge on any atom is 0.326 e. The van der Waals surface area contributed by atoms with Crippen molar-refractivity contribution >= 4 is 11.0 Å². The van der Waals surface area contributed by atoms with Gasteiger partial charge in [-0.25, -0.2) is 4.79 Å². The van der Waals surface area contributed by atoms with Gasteiger partial charge in [0.1, 0.15) is 0 Å². The number of piperidine rings is 1. The molecule has 1 aromatic heterocycles. The molecule has 4 heteroatoms. The monoisotopic (exact) mass is 363 g/mol. The van der Waals surface area contributed by atoms with Crippen LogP contribution in [0, 0.1) is 0 Å². The number of aryl methyl sites for hydroxylation is 1. The predicted molar refractivity (Wildman–Crippen MR) is 111 cm³/mol. The summed E-state index contributed by atoms with van der Waals surface area (Å²) in [6, 6.07) is 17.4. The molecular formula is C23H29N3O. The summed E-state index contributed by atoms with van der Waals surface area (Å²) in [5, 5.41) is 0. The average molecular weight is 364 g/mol. The Morgan fingerprint density at radius 1 is 1.00 bits per heavy atom. The van der Waals surface area contributed by atoms with Crippen LogP contribution in [0.3, 0.4) is 0 Å². The first-order chi connectivity index (χ1) is 13.2. The quantitative estimate of drug-likeness (QED) is 0.700. The molecule has 1 N–H and O–H groups in total. The second-order valence-corrected chi connectivity index (χ2v) is 7.74. The van der Waals surface area contributed by atoms with Crippen molar-refractivity contribution in [2.75, 3.05) is 13.1 Å². The van der Waals surface area contributed by atoms with Crippen LogP contribution in [0.1, 0.15) is 49.8 Å². The van der Waals surface area contributed by atoms with Crippen LogP contribution in [0.25, 0.3) is 11.0 Å². The first kappa shape index (κ1) is 18.1. The fourth-order valence-corrected chi connectivity index (χ4v) is 4.22. The summed E-state index contributed by atoms with van der Waals surface area (Å²) >= 11 is 0. The van der Waals surface area contributed by atoms with Crippen LogP contribution in [0.5, 0.6) is 0 Å². The van der Waals surface area contributed by atoms with Gasteiger partial charge in [0, 0.05) is 25.7 Å². The Morgan fingerprint density at radius 2 is 1.70 bits per heavy atom. The summed E-state index contributed by atoms with van der Waals surface area (Å²) < 4.78 is 1.97. The summed E-state index contributed by atoms with van der Waals surface area (Å²) in [5.74, 6) is 0. The Kier molecular flexibility index (Phi) is 5.44. The van der Waals surface area contributed by atoms with Gasteiger partial charge in [0.2, 0.25) is 0 Å². The van der Waals surface area contributed by atoms with Crippen molar-refractivity contribution < 1.29 is 0 Å². The Labute approximate surface area is 160 Å². The van der Waals surface area contributed by atoms with E-state index in [1.807, 2.05) is 28.8 Å². The smallest absolute Gasteiger partial charge is 0.306 e. The summed E-state index contributed by atoms with van der Waals surface area (Å²) in [5.41, 5.74) is 4.82. The standard InChI is InChI=1S/C23H29N3O/c1-2-3-6-18-9-11-19(12-10-18)17-25-15-13-20(14-16-25)26-22-8-5-4-7-21(22)24-23(26)27/h4-5,7-12,20H,2-3,6,13-17H2,1H3,(H,24,27). The normalized spacial score (nSPS) is 16.2. The number of fused-ring (bicyclic) bond motifs is 1. The van der Waals surface area contributed by atoms with E-state index in [9.17, 15) is 4.79 Å². The number of unbranched alkanes of at least 4 members (excludes halogenated alkanes) is 1. The van der Waals surface area contributed by atoms with Gasteiger partial charge in [-0.05, 0) is 48.9 Å². The molecule has 1 saturated heterocycles. The number of hydrogen-bond donors (Lipinski definition) is 1. The largest absolute Gasteiger partial charge is 0.326 e. The zero-order valence-corrected chi connectivity index (χ0v) is 16.2. The predicted octanol–water partition coefficient (Wildman–Crippen LogP) is 4.51. The van der Waals surface area contributed by atoms with Gasteiger partial charge in [-0.3, -0.25) is 9.47 Å². The molecule has 1 aliphatic heterocycles. The van der Waals surface area contributed by atoms with Crippen molar-refractivity contribution in [2.45, 2.75) is 51.6 Å². The third-order valence-electron chi connectivity index (χ3n) is 5.79. The topological polar surface area (TPSA) is 41.0 Å². The highest BCUT2D eigenvalue weighted by Crippen LogP contribution is 2.25. The van der Waals surface area contributed by atoms with Crippen LogP contribution < -0.4 is 5.69 Å². The molecule has 0 radical (unpaired) electrons. The van der Waals surface area contributed by atoms with E-state index in [-0.39, 0.29) is 5.69 Å². The van der Waals surface area contributed by atoms with Crippen molar-refractivity contribution in [1.82, 2.24) is 14.5 Å². The molecule has 4 nitrogen and oxygen atoms in total. The number of nitrogens with one attached hydrogen (secondary N) is 1. The molecule has 0 atom stereocenters. The number of aromatic amines is 1. The van der Waals surface area contributed by atoms with E-state index in [1.165, 1.54) is 30.4 Å². The molecule has 27 heavy (non-hydrogen) atoms. The van der Waals surface area contributed by atoms with Crippen molar-refractivity contribution in [3.63, 3.8) is 0 Å². The lowest BCUT2D eigenvalue weighted by atomic mass is 10.0. The molecule has 2 aromatic carbocycles. The van der Waals surface area contributed by atoms with E-state index in [0.717, 1.165) is 43.5 Å². The van der Waals surface area contributed by atoms with Crippen molar-refractivity contribution in [3.8, 4) is 0 Å². The molecule has 3 aromatic rings. The van der Waals surface area contributed by atoms with Gasteiger partial charge in [-0.2, -0.15) is 0 Å². The molecule has 0 unspecified atom stereocenters. The lowest BCUT2D eigenvalue weighted by Crippen LogP contribution is -2.36. The number of nitrogens with zero attached hydrogens (tertiary/aromatic N) is 2. The lowest BCUT2D eigenvalue weighted by Gasteiger charge is -2.32. The van der Waals surface area contributed by atoms with E-state index >= 15 is 0 Å². The Hall–Kier alpha value is -2.33. The minimum Gasteiger partial charge on any atom is -0.306 e. The van der Waals surface area contributed by atoms with Crippen LogP contribution in [0.4, 0.5) is 0 Å². The fraction of sp³-hybridized carbons (Fsp3) is 0.435. The molecule has 1 fully saturated rings. The molecule has 0 aliphatic carbocycles. The summed E-state index contributed by atoms with van der Waals surface area (Å²) in [6.45, 7) is 5.31. The minimum absolute atomic E-state index is 0.0253. The number of hydrogen-bond acceptors (Lipinski definition) is 2. The first-order valence-electron chi connectivity index (χ1n) is 10.2. The molecule has 1 aliphatic rings. The van der Waals surface area contributed by atoms with Crippen LogP contribution >= 0.6 is 0 Å². The van der Waals surface area contributed by atoms with E-state index in [1.54, 1.807) is 0 Å². The number of H-pyrrole nitrogens is 1. The molecule has 142 valence electrons. The van der Waals surface area contributed by atoms with Gasteiger partial charge in [-0.15, -0.1) is 0 Å². The molecule has 4 rings (SSSR count). The highest BCUT2D eigenvalue weighted by molar-refractivity contribution is 5.75. The van der Waals surface area contributed by atoms with Crippen molar-refractivity contribution in [2.24, 2.45) is 0 Å². The highest BCUT2D eigenvalue weighted by Gasteiger charge is 2.23. The average Bonchev–Trinajstić information content (AvgIpc) is 3.04. The highest BCUT2D eigenvalue weighted by atomic mass is 16.1. The Bertz CT molecular complexity index is 930. The van der Waals surface area contributed by atoms with E-state index < -0.39 is 0 Å². The Balaban J connectivity index is 1.37. The van der Waals surface area contributed by atoms with E-state index in [2.05, 4.69) is 41.1 Å². The number of rotatable bonds is 6. The third kappa shape index (κ3) is 4.01. The number of imidazole rings is 1. The SMILES string of the molecule is CCCCc1ccc(CN2CCC(n3c(=O)[nH]c4ccccc43)CC2)cc1. The van der Waals surface area contributed by atoms with Gasteiger partial charge in [0.15, 0.2) is 0 Å². The third-order valence-corrected chi connectivity index (χ3v) is 5.79. The molecule has 0 spiro atoms. The number of aromatic nitrogens is 2. The van der Waals surface area contributed by atoms with Crippen molar-refractivity contribution in [1.29, 1.82) is 0 Å². The maximum atomic E-state index is 12.4. The molecular weight excluding hydrogens is 334 g/mol. The van der Waals surface area contributed by atoms with Crippen LogP contribution in [0.15, 0.2) is 53.3 Å². The minimum atomic E-state index is 0.0253. The van der Waals surface area contributed by atoms with E-state index in [0.29, 0.717) is 6.04 Å². The van der Waals surface area contributed by atoms with Gasteiger partial charge >= 0.3 is 5.69 Å². The number of benzene rings is 2. The van der Waals surface area contributed by atoms with Gasteiger partial charge in [0.25, 0.3) is 0 Å². The number of likely N-dealkylation sites (tertiary alicyclic amines) is 1. The Morgan fingerprint density at radius 3 is 2.44 bits per heavy atom. The number of para-hydroxylation sites is 2. The summed E-state index contributed by atoms with van der Waals surface area (Å²) in [7, 11) is 0. The molecule has 0 amide bonds. The molecule has 0 saturated carbocycles. The summed E-state index contributed by atoms with van der Waals surface area (Å²) in [4.78, 5) is 17.9. The fourth-order valence-electron chi connectivity index (χ4n) is 4.22. The second kappa shape index (κ2) is 8.13. The zero-order chi connectivity index (χ0) is 18.6. The van der Waals surface area contributed by atoms with Crippen molar-refractivity contribution in [3.05, 3.63) is 70.1 Å².